The average molecular weight is 608 g/mol. The Kier molecular flexibility index (Phi) is 11.9. The van der Waals surface area contributed by atoms with Gasteiger partial charge < -0.3 is 28.0 Å². The largest absolute Gasteiger partial charge is 1.00 e. The predicted molar refractivity (Wildman–Crippen MR) is 137 cm³/mol. The number of nitrogens with two attached hydrogens (primary N) is 1. The van der Waals surface area contributed by atoms with Gasteiger partial charge >= 0.3 is 0 Å². The third kappa shape index (κ3) is 9.73. The number of sulfonamides is 1. The quantitative estimate of drug-likeness (QED) is 0.144. The van der Waals surface area contributed by atoms with E-state index in [0.29, 0.717) is 22.6 Å². The molecule has 0 spiro atoms. The first kappa shape index (κ1) is 30.2. The van der Waals surface area contributed by atoms with E-state index < -0.39 is 28.4 Å². The molecule has 3 rings (SSSR count). The van der Waals surface area contributed by atoms with E-state index in [-0.39, 0.29) is 27.0 Å². The van der Waals surface area contributed by atoms with Crippen LogP contribution in [-0.4, -0.2) is 31.9 Å². The number of aromatic nitrogens is 1. The fourth-order valence-electron chi connectivity index (χ4n) is 3.23. The minimum atomic E-state index is -3.90. The molecular weight excluding hydrogens is 580 g/mol. The number of pyridine rings is 1. The molecule has 0 bridgehead atoms. The van der Waals surface area contributed by atoms with Gasteiger partial charge in [-0.1, -0.05) is 30.0 Å². The molecule has 0 fully saturated rings. The number of benzene rings is 2. The monoisotopic (exact) mass is 606 g/mol. The molecule has 9 nitrogen and oxygen atoms in total. The van der Waals surface area contributed by atoms with E-state index in [1.165, 1.54) is 24.3 Å². The van der Waals surface area contributed by atoms with Crippen molar-refractivity contribution in [1.29, 1.82) is 0 Å². The third-order valence-electron chi connectivity index (χ3n) is 5.04. The second-order valence-corrected chi connectivity index (χ2v) is 10.7. The number of thioether (sulfide) groups is 1. The second kappa shape index (κ2) is 14.6. The van der Waals surface area contributed by atoms with Crippen LogP contribution in [0.1, 0.15) is 29.6 Å². The molecular formula is C25H27BrN4O5S2. The molecule has 0 unspecified atom stereocenters. The van der Waals surface area contributed by atoms with Crippen molar-refractivity contribution in [3.8, 4) is 0 Å². The van der Waals surface area contributed by atoms with Crippen LogP contribution in [0.3, 0.4) is 0 Å². The summed E-state index contributed by atoms with van der Waals surface area (Å²) in [6.07, 6.45) is 5.98. The molecule has 0 aliphatic carbocycles. The molecule has 0 radical (unpaired) electrons. The van der Waals surface area contributed by atoms with Crippen molar-refractivity contribution >= 4 is 44.4 Å². The summed E-state index contributed by atoms with van der Waals surface area (Å²) in [6.45, 7) is 0.319. The Balaban J connectivity index is 0.00000481. The third-order valence-corrected chi connectivity index (χ3v) is 7.46. The summed E-state index contributed by atoms with van der Waals surface area (Å²) < 4.78 is 28.5. The maximum Gasteiger partial charge on any atom is 0.256 e. The van der Waals surface area contributed by atoms with Crippen LogP contribution in [0.4, 0.5) is 5.69 Å². The Morgan fingerprint density at radius 2 is 1.57 bits per heavy atom. The number of aryl methyl sites for hydroxylation is 1. The number of nitrogens with zero attached hydrogens (tertiary/aromatic N) is 1. The van der Waals surface area contributed by atoms with Crippen LogP contribution in [-0.2, 0) is 26.2 Å². The van der Waals surface area contributed by atoms with Gasteiger partial charge in [-0.15, -0.1) is 0 Å². The number of anilines is 1. The highest BCUT2D eigenvalue weighted by Gasteiger charge is 2.17. The van der Waals surface area contributed by atoms with Crippen LogP contribution in [0.25, 0.3) is 0 Å². The highest BCUT2D eigenvalue weighted by molar-refractivity contribution is 8.13. The molecule has 12 heteroatoms. The smallest absolute Gasteiger partial charge is 0.256 e. The van der Waals surface area contributed by atoms with Crippen molar-refractivity contribution in [2.75, 3.05) is 11.9 Å². The van der Waals surface area contributed by atoms with E-state index in [4.69, 9.17) is 5.73 Å². The lowest BCUT2D eigenvalue weighted by atomic mass is 10.2. The molecule has 4 N–H and O–H groups in total. The Morgan fingerprint density at radius 3 is 2.24 bits per heavy atom. The SMILES string of the molecule is NC(=O)CNS(=O)(=O)c1ccc(NC(=O)c2ccccc2SC(=O)CCCC[n+]2ccccc2)cc1.[Br-]. The summed E-state index contributed by atoms with van der Waals surface area (Å²) in [7, 11) is -3.90. The highest BCUT2D eigenvalue weighted by atomic mass is 79.9. The van der Waals surface area contributed by atoms with Crippen LogP contribution < -0.4 is 37.3 Å². The molecule has 2 amide bonds. The van der Waals surface area contributed by atoms with Gasteiger partial charge in [-0.05, 0) is 42.8 Å². The van der Waals surface area contributed by atoms with Gasteiger partial charge in [0.15, 0.2) is 17.5 Å². The summed E-state index contributed by atoms with van der Waals surface area (Å²) in [5.74, 6) is -1.22. The molecule has 1 heterocycles. The van der Waals surface area contributed by atoms with E-state index in [2.05, 4.69) is 14.6 Å². The van der Waals surface area contributed by atoms with Gasteiger partial charge in [-0.2, -0.15) is 0 Å². The van der Waals surface area contributed by atoms with E-state index in [0.717, 1.165) is 31.1 Å². The van der Waals surface area contributed by atoms with Crippen LogP contribution in [0.15, 0.2) is 88.9 Å². The molecule has 0 atom stereocenters. The molecule has 37 heavy (non-hydrogen) atoms. The van der Waals surface area contributed by atoms with Crippen molar-refractivity contribution in [3.63, 3.8) is 0 Å². The summed E-state index contributed by atoms with van der Waals surface area (Å²) >= 11 is 1.04. The predicted octanol–water partition coefficient (Wildman–Crippen LogP) is -0.517. The molecule has 3 aromatic rings. The van der Waals surface area contributed by atoms with Gasteiger partial charge in [0.25, 0.3) is 5.91 Å². The molecule has 196 valence electrons. The van der Waals surface area contributed by atoms with E-state index in [1.807, 2.05) is 30.6 Å². The Bertz CT molecular complexity index is 1320. The number of primary amides is 1. The Morgan fingerprint density at radius 1 is 0.892 bits per heavy atom. The summed E-state index contributed by atoms with van der Waals surface area (Å²) in [5, 5.41) is 2.69. The number of carbonyl (C=O) groups is 3. The van der Waals surface area contributed by atoms with Crippen molar-refractivity contribution < 1.29 is 44.3 Å². The standard InChI is InChI=1S/C25H26N4O5S2.BrH/c26-23(30)18-27-36(33,34)20-13-11-19(12-14-20)28-25(32)21-8-2-3-9-22(21)35-24(31)10-4-7-17-29-15-5-1-6-16-29;/h1-3,5-6,8-9,11-16,27H,4,7,10,17-18H2,(H2-,26,28,30,32);1H. The summed E-state index contributed by atoms with van der Waals surface area (Å²) in [5.41, 5.74) is 5.69. The topological polar surface area (TPSA) is 139 Å². The minimum absolute atomic E-state index is 0. The zero-order valence-corrected chi connectivity index (χ0v) is 23.0. The second-order valence-electron chi connectivity index (χ2n) is 7.81. The fourth-order valence-corrected chi connectivity index (χ4v) is 5.13. The number of carbonyl (C=O) groups excluding carboxylic acids is 3. The first-order valence-corrected chi connectivity index (χ1v) is 13.5. The maximum absolute atomic E-state index is 12.9. The first-order valence-electron chi connectivity index (χ1n) is 11.2. The lowest BCUT2D eigenvalue weighted by Crippen LogP contribution is -3.00. The maximum atomic E-state index is 12.9. The van der Waals surface area contributed by atoms with Crippen LogP contribution in [0.2, 0.25) is 0 Å². The van der Waals surface area contributed by atoms with E-state index >= 15 is 0 Å². The highest BCUT2D eigenvalue weighted by Crippen LogP contribution is 2.26. The summed E-state index contributed by atoms with van der Waals surface area (Å²) in [4.78, 5) is 36.7. The van der Waals surface area contributed by atoms with Gasteiger partial charge in [-0.3, -0.25) is 14.4 Å². The Hall–Kier alpha value is -3.06. The first-order chi connectivity index (χ1) is 17.2. The molecule has 0 aliphatic rings. The van der Waals surface area contributed by atoms with Gasteiger partial charge in [0.1, 0.15) is 6.54 Å². The normalized spacial score (nSPS) is 10.8. The van der Waals surface area contributed by atoms with E-state index in [9.17, 15) is 22.8 Å². The number of unbranched alkanes of at least 4 members (excludes halogenated alkanes) is 1. The van der Waals surface area contributed by atoms with E-state index in [1.54, 1.807) is 24.3 Å². The zero-order valence-electron chi connectivity index (χ0n) is 19.8. The Labute approximate surface area is 230 Å². The summed E-state index contributed by atoms with van der Waals surface area (Å²) in [6, 6.07) is 18.2. The van der Waals surface area contributed by atoms with Crippen molar-refractivity contribution in [1.82, 2.24) is 4.72 Å². The minimum Gasteiger partial charge on any atom is -1.00 e. The number of halogens is 1. The van der Waals surface area contributed by atoms with Crippen LogP contribution in [0.5, 0.6) is 0 Å². The lowest BCUT2D eigenvalue weighted by molar-refractivity contribution is -0.697. The fraction of sp³-hybridized carbons (Fsp3) is 0.200. The number of nitrogens with one attached hydrogen (secondary N) is 2. The number of amides is 2. The zero-order chi connectivity index (χ0) is 26.0. The van der Waals surface area contributed by atoms with Crippen molar-refractivity contribution in [2.45, 2.75) is 35.6 Å². The molecule has 1 aromatic heterocycles. The average Bonchev–Trinajstić information content (AvgIpc) is 2.87. The van der Waals surface area contributed by atoms with Crippen molar-refractivity contribution in [2.24, 2.45) is 5.73 Å². The molecule has 0 aliphatic heterocycles. The van der Waals surface area contributed by atoms with Crippen LogP contribution in [0, 0.1) is 0 Å². The molecule has 0 saturated heterocycles. The lowest BCUT2D eigenvalue weighted by Gasteiger charge is -2.10. The van der Waals surface area contributed by atoms with Gasteiger partial charge in [0.2, 0.25) is 15.9 Å². The molecule has 2 aromatic carbocycles. The molecule has 0 saturated carbocycles. The number of rotatable bonds is 12. The number of hydrogen-bond acceptors (Lipinski definition) is 6. The van der Waals surface area contributed by atoms with Gasteiger partial charge in [0, 0.05) is 35.6 Å². The van der Waals surface area contributed by atoms with Gasteiger partial charge in [-0.25, -0.2) is 17.7 Å². The van der Waals surface area contributed by atoms with Crippen LogP contribution >= 0.6 is 11.8 Å². The van der Waals surface area contributed by atoms with Crippen molar-refractivity contribution in [3.05, 3.63) is 84.7 Å². The van der Waals surface area contributed by atoms with Gasteiger partial charge in [0.05, 0.1) is 17.0 Å². The number of hydrogen-bond donors (Lipinski definition) is 3.